The Labute approximate surface area is 158 Å². The Bertz CT molecular complexity index is 949. The molecule has 1 N–H and O–H groups in total. The van der Waals surface area contributed by atoms with Gasteiger partial charge in [-0.1, -0.05) is 42.5 Å². The molecule has 1 saturated heterocycles. The van der Waals surface area contributed by atoms with Gasteiger partial charge in [-0.15, -0.1) is 0 Å². The van der Waals surface area contributed by atoms with Crippen LogP contribution in [0.1, 0.15) is 31.4 Å². The molecule has 0 spiro atoms. The van der Waals surface area contributed by atoms with E-state index in [4.69, 9.17) is 4.74 Å². The summed E-state index contributed by atoms with van der Waals surface area (Å²) in [5.41, 5.74) is 0.990. The molecule has 3 rings (SSSR count). The summed E-state index contributed by atoms with van der Waals surface area (Å²) in [6.07, 6.45) is 0.507. The fourth-order valence-corrected chi connectivity index (χ4v) is 5.32. The number of hydrogen-bond donors (Lipinski definition) is 1. The van der Waals surface area contributed by atoms with Crippen LogP contribution in [0.5, 0.6) is 0 Å². The number of benzene rings is 2. The van der Waals surface area contributed by atoms with Crippen molar-refractivity contribution in [1.82, 2.24) is 5.32 Å². The minimum atomic E-state index is -3.02. The van der Waals surface area contributed by atoms with Crippen LogP contribution in [0.15, 0.2) is 42.5 Å². The highest BCUT2D eigenvalue weighted by molar-refractivity contribution is 7.91. The van der Waals surface area contributed by atoms with Gasteiger partial charge in [-0.05, 0) is 35.6 Å². The van der Waals surface area contributed by atoms with Gasteiger partial charge in [-0.2, -0.15) is 0 Å². The van der Waals surface area contributed by atoms with Gasteiger partial charge in [-0.25, -0.2) is 8.42 Å². The van der Waals surface area contributed by atoms with E-state index in [9.17, 15) is 18.0 Å². The molecule has 0 aromatic heterocycles. The molecule has 144 valence electrons. The summed E-state index contributed by atoms with van der Waals surface area (Å²) in [5.74, 6) is -0.992. The molecule has 2 atom stereocenters. The fourth-order valence-electron chi connectivity index (χ4n) is 3.46. The average Bonchev–Trinajstić information content (AvgIpc) is 2.97. The lowest BCUT2D eigenvalue weighted by molar-refractivity contribution is -0.149. The van der Waals surface area contributed by atoms with Gasteiger partial charge in [0.25, 0.3) is 5.91 Å². The summed E-state index contributed by atoms with van der Waals surface area (Å²) >= 11 is 0. The van der Waals surface area contributed by atoms with Gasteiger partial charge in [0.05, 0.1) is 17.5 Å². The van der Waals surface area contributed by atoms with E-state index < -0.39 is 15.8 Å². The maximum atomic E-state index is 12.1. The second-order valence-electron chi connectivity index (χ2n) is 6.99. The topological polar surface area (TPSA) is 89.5 Å². The molecule has 1 heterocycles. The van der Waals surface area contributed by atoms with Gasteiger partial charge >= 0.3 is 5.97 Å². The maximum Gasteiger partial charge on any atom is 0.306 e. The summed E-state index contributed by atoms with van der Waals surface area (Å²) in [7, 11) is -3.02. The Morgan fingerprint density at radius 3 is 2.67 bits per heavy atom. The Morgan fingerprint density at radius 2 is 1.93 bits per heavy atom. The van der Waals surface area contributed by atoms with Gasteiger partial charge in [0.1, 0.15) is 0 Å². The smallest absolute Gasteiger partial charge is 0.306 e. The second kappa shape index (κ2) is 8.08. The third-order valence-electron chi connectivity index (χ3n) is 4.81. The predicted octanol–water partition coefficient (Wildman–Crippen LogP) is 2.39. The number of carbonyl (C=O) groups is 2. The third kappa shape index (κ3) is 5.07. The molecule has 1 amide bonds. The first kappa shape index (κ1) is 19.4. The average molecular weight is 389 g/mol. The summed E-state index contributed by atoms with van der Waals surface area (Å²) in [6.45, 7) is 1.51. The zero-order valence-electron chi connectivity index (χ0n) is 15.2. The zero-order valence-corrected chi connectivity index (χ0v) is 16.0. The number of nitrogens with one attached hydrogen (secondary N) is 1. The Balaban J connectivity index is 1.51. The molecule has 6 nitrogen and oxygen atoms in total. The number of hydrogen-bond acceptors (Lipinski definition) is 5. The molecule has 0 unspecified atom stereocenters. The van der Waals surface area contributed by atoms with E-state index in [0.29, 0.717) is 6.42 Å². The molecule has 2 aromatic carbocycles. The molecule has 2 aromatic rings. The first-order valence-corrected chi connectivity index (χ1v) is 10.8. The second-order valence-corrected chi connectivity index (χ2v) is 9.22. The van der Waals surface area contributed by atoms with Crippen LogP contribution in [0.4, 0.5) is 0 Å². The van der Waals surface area contributed by atoms with Crippen LogP contribution in [-0.2, 0) is 24.2 Å². The Morgan fingerprint density at radius 1 is 1.19 bits per heavy atom. The molecule has 0 bridgehead atoms. The number of amides is 1. The first-order chi connectivity index (χ1) is 12.8. The highest BCUT2D eigenvalue weighted by Crippen LogP contribution is 2.24. The lowest BCUT2D eigenvalue weighted by Gasteiger charge is -2.17. The van der Waals surface area contributed by atoms with Crippen LogP contribution in [0.3, 0.4) is 0 Å². The van der Waals surface area contributed by atoms with Crippen LogP contribution in [0.25, 0.3) is 10.8 Å². The van der Waals surface area contributed by atoms with Crippen LogP contribution in [-0.4, -0.2) is 38.4 Å². The molecular weight excluding hydrogens is 366 g/mol. The summed E-state index contributed by atoms with van der Waals surface area (Å²) < 4.78 is 27.9. The monoisotopic (exact) mass is 389 g/mol. The van der Waals surface area contributed by atoms with Crippen molar-refractivity contribution in [3.8, 4) is 0 Å². The highest BCUT2D eigenvalue weighted by Gasteiger charge is 2.30. The Hall–Kier alpha value is -2.41. The molecule has 7 heteroatoms. The van der Waals surface area contributed by atoms with E-state index in [0.717, 1.165) is 16.3 Å². The normalized spacial score (nSPS) is 19.5. The maximum absolute atomic E-state index is 12.1. The van der Waals surface area contributed by atoms with Crippen molar-refractivity contribution in [1.29, 1.82) is 0 Å². The quantitative estimate of drug-likeness (QED) is 0.766. The highest BCUT2D eigenvalue weighted by atomic mass is 32.2. The van der Waals surface area contributed by atoms with Crippen LogP contribution in [0, 0.1) is 5.92 Å². The minimum Gasteiger partial charge on any atom is -0.456 e. The molecule has 1 fully saturated rings. The van der Waals surface area contributed by atoms with Gasteiger partial charge in [0.2, 0.25) is 0 Å². The number of fused-ring (bicyclic) bond motifs is 1. The SMILES string of the molecule is C[C@@H](NC(=O)COC(=O)C[C@@H]1CCS(=O)(=O)C1)c1cccc2ccccc12. The number of esters is 1. The van der Waals surface area contributed by atoms with E-state index in [-0.39, 0.29) is 42.4 Å². The van der Waals surface area contributed by atoms with Crippen molar-refractivity contribution < 1.29 is 22.7 Å². The van der Waals surface area contributed by atoms with E-state index in [1.165, 1.54) is 0 Å². The van der Waals surface area contributed by atoms with Crippen molar-refractivity contribution in [2.45, 2.75) is 25.8 Å². The summed E-state index contributed by atoms with van der Waals surface area (Å²) in [6, 6.07) is 13.6. The molecule has 0 radical (unpaired) electrons. The number of ether oxygens (including phenoxy) is 1. The van der Waals surface area contributed by atoms with Crippen LogP contribution in [0.2, 0.25) is 0 Å². The number of sulfone groups is 1. The van der Waals surface area contributed by atoms with Crippen molar-refractivity contribution in [2.75, 3.05) is 18.1 Å². The minimum absolute atomic E-state index is 0.0202. The number of carbonyl (C=O) groups excluding carboxylic acids is 2. The molecule has 0 saturated carbocycles. The first-order valence-electron chi connectivity index (χ1n) is 8.97. The Kier molecular flexibility index (Phi) is 5.79. The van der Waals surface area contributed by atoms with E-state index in [2.05, 4.69) is 5.32 Å². The van der Waals surface area contributed by atoms with Gasteiger partial charge < -0.3 is 10.1 Å². The molecule has 1 aliphatic rings. The lowest BCUT2D eigenvalue weighted by atomic mass is 10.00. The fraction of sp³-hybridized carbons (Fsp3) is 0.400. The summed E-state index contributed by atoms with van der Waals surface area (Å²) in [4.78, 5) is 24.0. The predicted molar refractivity (Wildman–Crippen MR) is 103 cm³/mol. The van der Waals surface area contributed by atoms with E-state index in [1.807, 2.05) is 49.4 Å². The van der Waals surface area contributed by atoms with Gasteiger partial charge in [0.15, 0.2) is 16.4 Å². The van der Waals surface area contributed by atoms with Gasteiger partial charge in [-0.3, -0.25) is 9.59 Å². The summed E-state index contributed by atoms with van der Waals surface area (Å²) in [5, 5.41) is 4.99. The van der Waals surface area contributed by atoms with Gasteiger partial charge in [0, 0.05) is 6.42 Å². The zero-order chi connectivity index (χ0) is 19.4. The molecule has 27 heavy (non-hydrogen) atoms. The van der Waals surface area contributed by atoms with Crippen molar-refractivity contribution in [3.05, 3.63) is 48.0 Å². The van der Waals surface area contributed by atoms with Crippen LogP contribution >= 0.6 is 0 Å². The van der Waals surface area contributed by atoms with E-state index >= 15 is 0 Å². The molecule has 0 aliphatic carbocycles. The number of rotatable bonds is 6. The third-order valence-corrected chi connectivity index (χ3v) is 6.65. The van der Waals surface area contributed by atoms with Crippen molar-refractivity contribution in [3.63, 3.8) is 0 Å². The van der Waals surface area contributed by atoms with Crippen molar-refractivity contribution in [2.24, 2.45) is 5.92 Å². The largest absolute Gasteiger partial charge is 0.456 e. The van der Waals surface area contributed by atoms with Crippen LogP contribution < -0.4 is 5.32 Å². The lowest BCUT2D eigenvalue weighted by Crippen LogP contribution is -2.31. The van der Waals surface area contributed by atoms with E-state index in [1.54, 1.807) is 0 Å². The molecule has 1 aliphatic heterocycles. The van der Waals surface area contributed by atoms with Crippen molar-refractivity contribution >= 4 is 32.5 Å². The standard InChI is InChI=1S/C20H23NO5S/c1-14(17-8-4-6-16-5-2-3-7-18(16)17)21-19(22)12-26-20(23)11-15-9-10-27(24,25)13-15/h2-8,14-15H,9-13H2,1H3,(H,21,22)/t14-,15+/m1/s1. The molecular formula is C20H23NO5S.